The Morgan fingerprint density at radius 1 is 0.929 bits per heavy atom. The molecular weight excluding hydrogens is 354 g/mol. The molecule has 2 aromatic carbocycles. The number of rotatable bonds is 3. The van der Waals surface area contributed by atoms with Crippen molar-refractivity contribution in [2.45, 2.75) is 46.1 Å². The van der Waals surface area contributed by atoms with Crippen LogP contribution in [0.2, 0.25) is 0 Å². The lowest BCUT2D eigenvalue weighted by molar-refractivity contribution is 0.0609. The maximum Gasteiger partial charge on any atom is 0.323 e. The van der Waals surface area contributed by atoms with Gasteiger partial charge in [-0.25, -0.2) is 4.79 Å². The molecule has 0 unspecified atom stereocenters. The van der Waals surface area contributed by atoms with Crippen LogP contribution in [0, 0.1) is 0 Å². The second kappa shape index (κ2) is 7.11. The minimum Gasteiger partial charge on any atom is -0.308 e. The lowest BCUT2D eigenvalue weighted by Gasteiger charge is -2.23. The summed E-state index contributed by atoms with van der Waals surface area (Å²) in [7, 11) is 0. The predicted octanol–water partition coefficient (Wildman–Crippen LogP) is 4.63. The number of imide groups is 1. The van der Waals surface area contributed by atoms with Crippen molar-refractivity contribution in [3.63, 3.8) is 0 Å². The molecule has 0 saturated carbocycles. The largest absolute Gasteiger partial charge is 0.323 e. The molecule has 2 aromatic rings. The zero-order valence-electron chi connectivity index (χ0n) is 16.8. The first-order chi connectivity index (χ1) is 13.1. The van der Waals surface area contributed by atoms with Crippen molar-refractivity contribution in [2.24, 2.45) is 0 Å². The highest BCUT2D eigenvalue weighted by atomic mass is 16.2. The SMILES string of the molecule is CC(C)N1C(=O)c2ccc(NC(=O)Nc3ccccc3C(C)(C)C)cc2C1=O. The van der Waals surface area contributed by atoms with Crippen LogP contribution in [0.5, 0.6) is 0 Å². The molecule has 0 atom stereocenters. The lowest BCUT2D eigenvalue weighted by atomic mass is 9.86. The van der Waals surface area contributed by atoms with E-state index in [0.717, 1.165) is 11.3 Å². The summed E-state index contributed by atoms with van der Waals surface area (Å²) < 4.78 is 0. The maximum atomic E-state index is 12.5. The number of hydrogen-bond donors (Lipinski definition) is 2. The number of para-hydroxylation sites is 1. The molecule has 0 saturated heterocycles. The Labute approximate surface area is 164 Å². The van der Waals surface area contributed by atoms with Crippen LogP contribution in [0.1, 0.15) is 60.9 Å². The van der Waals surface area contributed by atoms with Gasteiger partial charge < -0.3 is 10.6 Å². The second-order valence-corrected chi connectivity index (χ2v) is 8.21. The Hall–Kier alpha value is -3.15. The number of hydrogen-bond acceptors (Lipinski definition) is 3. The van der Waals surface area contributed by atoms with Crippen molar-refractivity contribution < 1.29 is 14.4 Å². The number of fused-ring (bicyclic) bond motifs is 1. The van der Waals surface area contributed by atoms with Crippen LogP contribution in [0.25, 0.3) is 0 Å². The highest BCUT2D eigenvalue weighted by Gasteiger charge is 2.37. The molecule has 28 heavy (non-hydrogen) atoms. The first kappa shape index (κ1) is 19.6. The van der Waals surface area contributed by atoms with E-state index in [1.54, 1.807) is 32.0 Å². The van der Waals surface area contributed by atoms with Crippen molar-refractivity contribution in [1.82, 2.24) is 4.90 Å². The van der Waals surface area contributed by atoms with Crippen molar-refractivity contribution in [1.29, 1.82) is 0 Å². The van der Waals surface area contributed by atoms with E-state index >= 15 is 0 Å². The van der Waals surface area contributed by atoms with Crippen LogP contribution in [0.4, 0.5) is 16.2 Å². The minimum atomic E-state index is -0.408. The van der Waals surface area contributed by atoms with E-state index in [1.165, 1.54) is 4.90 Å². The molecule has 0 aromatic heterocycles. The first-order valence-electron chi connectivity index (χ1n) is 9.29. The third kappa shape index (κ3) is 3.63. The fourth-order valence-corrected chi connectivity index (χ4v) is 3.34. The molecule has 6 nitrogen and oxygen atoms in total. The number of anilines is 2. The van der Waals surface area contributed by atoms with E-state index in [0.29, 0.717) is 16.8 Å². The average molecular weight is 379 g/mol. The number of urea groups is 1. The van der Waals surface area contributed by atoms with Gasteiger partial charge in [-0.05, 0) is 49.1 Å². The third-order valence-electron chi connectivity index (χ3n) is 4.68. The average Bonchev–Trinajstić information content (AvgIpc) is 2.85. The molecule has 4 amide bonds. The van der Waals surface area contributed by atoms with Crippen LogP contribution in [0.15, 0.2) is 42.5 Å². The van der Waals surface area contributed by atoms with Gasteiger partial charge in [0.15, 0.2) is 0 Å². The molecule has 1 heterocycles. The third-order valence-corrected chi connectivity index (χ3v) is 4.68. The fourth-order valence-electron chi connectivity index (χ4n) is 3.34. The standard InChI is InChI=1S/C22H25N3O3/c1-13(2)25-19(26)15-11-10-14(12-16(15)20(25)27)23-21(28)24-18-9-7-6-8-17(18)22(3,4)5/h6-13H,1-5H3,(H2,23,24,28). The van der Waals surface area contributed by atoms with Crippen LogP contribution in [0.3, 0.4) is 0 Å². The van der Waals surface area contributed by atoms with Crippen molar-refractivity contribution in [3.05, 3.63) is 59.2 Å². The number of nitrogens with one attached hydrogen (secondary N) is 2. The van der Waals surface area contributed by atoms with Gasteiger partial charge in [-0.1, -0.05) is 39.0 Å². The Bertz CT molecular complexity index is 958. The summed E-state index contributed by atoms with van der Waals surface area (Å²) in [6.45, 7) is 9.82. The van der Waals surface area contributed by atoms with Gasteiger partial charge in [0.1, 0.15) is 0 Å². The number of amides is 4. The number of carbonyl (C=O) groups excluding carboxylic acids is 3. The Kier molecular flexibility index (Phi) is 4.98. The normalized spacial score (nSPS) is 13.7. The lowest BCUT2D eigenvalue weighted by Crippen LogP contribution is -2.35. The van der Waals surface area contributed by atoms with E-state index < -0.39 is 6.03 Å². The zero-order chi connectivity index (χ0) is 20.6. The van der Waals surface area contributed by atoms with E-state index in [1.807, 2.05) is 24.3 Å². The van der Waals surface area contributed by atoms with Crippen molar-refractivity contribution >= 4 is 29.2 Å². The fraction of sp³-hybridized carbons (Fsp3) is 0.318. The van der Waals surface area contributed by atoms with Gasteiger partial charge in [-0.2, -0.15) is 0 Å². The molecule has 6 heteroatoms. The molecule has 1 aliphatic rings. The Morgan fingerprint density at radius 3 is 2.21 bits per heavy atom. The van der Waals surface area contributed by atoms with Gasteiger partial charge in [0.05, 0.1) is 11.1 Å². The Morgan fingerprint density at radius 2 is 1.57 bits per heavy atom. The van der Waals surface area contributed by atoms with E-state index in [4.69, 9.17) is 0 Å². The highest BCUT2D eigenvalue weighted by molar-refractivity contribution is 6.22. The van der Waals surface area contributed by atoms with E-state index in [2.05, 4.69) is 31.4 Å². The molecule has 1 aliphatic heterocycles. The summed E-state index contributed by atoms with van der Waals surface area (Å²) in [4.78, 5) is 38.6. The molecule has 0 radical (unpaired) electrons. The number of carbonyl (C=O) groups is 3. The molecule has 2 N–H and O–H groups in total. The zero-order valence-corrected chi connectivity index (χ0v) is 16.8. The highest BCUT2D eigenvalue weighted by Crippen LogP contribution is 2.30. The summed E-state index contributed by atoms with van der Waals surface area (Å²) in [5, 5.41) is 5.61. The van der Waals surface area contributed by atoms with Gasteiger partial charge in [0.25, 0.3) is 11.8 Å². The number of benzene rings is 2. The van der Waals surface area contributed by atoms with Crippen molar-refractivity contribution in [2.75, 3.05) is 10.6 Å². The summed E-state index contributed by atoms with van der Waals surface area (Å²) in [5.74, 6) is -0.637. The molecule has 0 fully saturated rings. The van der Waals surface area contributed by atoms with Gasteiger partial charge in [0, 0.05) is 17.4 Å². The smallest absolute Gasteiger partial charge is 0.308 e. The molecule has 0 aliphatic carbocycles. The quantitative estimate of drug-likeness (QED) is 0.763. The second-order valence-electron chi connectivity index (χ2n) is 8.21. The maximum absolute atomic E-state index is 12.5. The van der Waals surface area contributed by atoms with Crippen LogP contribution >= 0.6 is 0 Å². The van der Waals surface area contributed by atoms with Gasteiger partial charge in [0.2, 0.25) is 0 Å². The Balaban J connectivity index is 1.79. The van der Waals surface area contributed by atoms with Crippen LogP contribution < -0.4 is 10.6 Å². The van der Waals surface area contributed by atoms with Crippen LogP contribution in [-0.2, 0) is 5.41 Å². The van der Waals surface area contributed by atoms with Gasteiger partial charge in [-0.3, -0.25) is 14.5 Å². The predicted molar refractivity (Wildman–Crippen MR) is 110 cm³/mol. The van der Waals surface area contributed by atoms with Gasteiger partial charge in [-0.15, -0.1) is 0 Å². The molecule has 0 spiro atoms. The summed E-state index contributed by atoms with van der Waals surface area (Å²) in [6, 6.07) is 11.8. The van der Waals surface area contributed by atoms with E-state index in [9.17, 15) is 14.4 Å². The topological polar surface area (TPSA) is 78.5 Å². The van der Waals surface area contributed by atoms with Crippen molar-refractivity contribution in [3.8, 4) is 0 Å². The number of nitrogens with zero attached hydrogens (tertiary/aromatic N) is 1. The molecule has 146 valence electrons. The first-order valence-corrected chi connectivity index (χ1v) is 9.29. The summed E-state index contributed by atoms with van der Waals surface area (Å²) in [6.07, 6.45) is 0. The van der Waals surface area contributed by atoms with E-state index in [-0.39, 0.29) is 23.3 Å². The summed E-state index contributed by atoms with van der Waals surface area (Å²) in [5.41, 5.74) is 2.76. The van der Waals surface area contributed by atoms with Crippen LogP contribution in [-0.4, -0.2) is 28.8 Å². The monoisotopic (exact) mass is 379 g/mol. The summed E-state index contributed by atoms with van der Waals surface area (Å²) >= 11 is 0. The van der Waals surface area contributed by atoms with Gasteiger partial charge >= 0.3 is 6.03 Å². The minimum absolute atomic E-state index is 0.121. The molecular formula is C22H25N3O3. The molecule has 3 rings (SSSR count). The molecule has 0 bridgehead atoms.